The van der Waals surface area contributed by atoms with Crippen molar-refractivity contribution in [2.75, 3.05) is 13.7 Å². The Morgan fingerprint density at radius 3 is 2.69 bits per heavy atom. The summed E-state index contributed by atoms with van der Waals surface area (Å²) in [7, 11) is 1.59. The van der Waals surface area contributed by atoms with Crippen LogP contribution >= 0.6 is 0 Å². The Morgan fingerprint density at radius 2 is 2.08 bits per heavy atom. The molecule has 144 valence electrons. The van der Waals surface area contributed by atoms with Gasteiger partial charge in [0, 0.05) is 19.0 Å². The fourth-order valence-electron chi connectivity index (χ4n) is 3.14. The molecule has 1 N–H and O–H groups in total. The summed E-state index contributed by atoms with van der Waals surface area (Å²) in [5, 5.41) is 3.02. The third-order valence-corrected chi connectivity index (χ3v) is 5.07. The van der Waals surface area contributed by atoms with E-state index in [-0.39, 0.29) is 17.9 Å². The van der Waals surface area contributed by atoms with Crippen LogP contribution in [0.25, 0.3) is 0 Å². The van der Waals surface area contributed by atoms with Gasteiger partial charge in [0.15, 0.2) is 11.5 Å². The Kier molecular flexibility index (Phi) is 6.51. The summed E-state index contributed by atoms with van der Waals surface area (Å²) >= 11 is 0. The van der Waals surface area contributed by atoms with E-state index in [0.717, 1.165) is 12.0 Å². The lowest BCUT2D eigenvalue weighted by molar-refractivity contribution is -0.141. The normalized spacial score (nSPS) is 20.8. The average Bonchev–Trinajstić information content (AvgIpc) is 2.92. The number of hydrogen-bond acceptors (Lipinski definition) is 4. The van der Waals surface area contributed by atoms with E-state index in [4.69, 9.17) is 9.47 Å². The fraction of sp³-hybridized carbons (Fsp3) is 0.600. The second-order valence-electron chi connectivity index (χ2n) is 6.95. The quantitative estimate of drug-likeness (QED) is 0.772. The molecule has 26 heavy (non-hydrogen) atoms. The van der Waals surface area contributed by atoms with E-state index < -0.39 is 5.54 Å². The maximum absolute atomic E-state index is 12.8. The number of carbonyl (C=O) groups excluding carboxylic acids is 2. The van der Waals surface area contributed by atoms with Gasteiger partial charge in [-0.05, 0) is 51.3 Å². The Hall–Kier alpha value is -2.24. The SMILES string of the molecule is CCOc1ccc(CN2C(=O)CCC2(C)C(=O)NC(C)CC)cc1OC. The standard InChI is InChI=1S/C20H30N2O4/c1-6-14(3)21-19(24)20(4)11-10-18(23)22(20)13-15-8-9-16(26-7-2)17(12-15)25-5/h8-9,12,14H,6-7,10-11,13H2,1-5H3,(H,21,24). The number of carbonyl (C=O) groups is 2. The monoisotopic (exact) mass is 362 g/mol. The van der Waals surface area contributed by atoms with E-state index in [1.54, 1.807) is 12.0 Å². The molecule has 1 aromatic rings. The van der Waals surface area contributed by atoms with Gasteiger partial charge < -0.3 is 19.7 Å². The summed E-state index contributed by atoms with van der Waals surface area (Å²) in [6.45, 7) is 8.68. The molecule has 0 radical (unpaired) electrons. The fourth-order valence-corrected chi connectivity index (χ4v) is 3.14. The van der Waals surface area contributed by atoms with E-state index in [9.17, 15) is 9.59 Å². The minimum Gasteiger partial charge on any atom is -0.493 e. The van der Waals surface area contributed by atoms with Gasteiger partial charge in [-0.25, -0.2) is 0 Å². The molecule has 2 amide bonds. The van der Waals surface area contributed by atoms with Crippen LogP contribution in [0, 0.1) is 0 Å². The van der Waals surface area contributed by atoms with Crippen LogP contribution < -0.4 is 14.8 Å². The number of likely N-dealkylation sites (tertiary alicyclic amines) is 1. The minimum absolute atomic E-state index is 0.000321. The van der Waals surface area contributed by atoms with Gasteiger partial charge in [-0.3, -0.25) is 9.59 Å². The molecule has 0 aromatic heterocycles. The molecule has 6 heteroatoms. The first-order chi connectivity index (χ1) is 12.3. The number of rotatable bonds is 8. The molecular weight excluding hydrogens is 332 g/mol. The molecule has 1 saturated heterocycles. The van der Waals surface area contributed by atoms with Gasteiger partial charge >= 0.3 is 0 Å². The van der Waals surface area contributed by atoms with Gasteiger partial charge in [0.05, 0.1) is 13.7 Å². The highest BCUT2D eigenvalue weighted by molar-refractivity contribution is 5.94. The lowest BCUT2D eigenvalue weighted by atomic mass is 9.96. The van der Waals surface area contributed by atoms with Crippen molar-refractivity contribution in [3.8, 4) is 11.5 Å². The summed E-state index contributed by atoms with van der Waals surface area (Å²) < 4.78 is 10.9. The molecule has 1 fully saturated rings. The zero-order chi connectivity index (χ0) is 19.3. The van der Waals surface area contributed by atoms with Crippen LogP contribution in [-0.2, 0) is 16.1 Å². The molecule has 2 unspecified atom stereocenters. The van der Waals surface area contributed by atoms with Gasteiger partial charge in [0.25, 0.3) is 0 Å². The highest BCUT2D eigenvalue weighted by Gasteiger charge is 2.47. The average molecular weight is 362 g/mol. The van der Waals surface area contributed by atoms with E-state index in [1.807, 2.05) is 45.9 Å². The minimum atomic E-state index is -0.827. The first-order valence-electron chi connectivity index (χ1n) is 9.26. The molecule has 0 bridgehead atoms. The van der Waals surface area contributed by atoms with Crippen molar-refractivity contribution >= 4 is 11.8 Å². The maximum atomic E-state index is 12.8. The van der Waals surface area contributed by atoms with Crippen LogP contribution in [0.3, 0.4) is 0 Å². The zero-order valence-electron chi connectivity index (χ0n) is 16.4. The van der Waals surface area contributed by atoms with Crippen LogP contribution in [0.4, 0.5) is 0 Å². The molecule has 2 rings (SSSR count). The van der Waals surface area contributed by atoms with Crippen LogP contribution in [0.1, 0.15) is 52.5 Å². The molecule has 0 saturated carbocycles. The molecule has 1 aliphatic rings. The van der Waals surface area contributed by atoms with Crippen molar-refractivity contribution in [3.63, 3.8) is 0 Å². The maximum Gasteiger partial charge on any atom is 0.245 e. The lowest BCUT2D eigenvalue weighted by Gasteiger charge is -2.35. The van der Waals surface area contributed by atoms with Crippen molar-refractivity contribution in [1.29, 1.82) is 0 Å². The van der Waals surface area contributed by atoms with Crippen LogP contribution in [-0.4, -0.2) is 42.0 Å². The first-order valence-corrected chi connectivity index (χ1v) is 9.26. The third-order valence-electron chi connectivity index (χ3n) is 5.07. The summed E-state index contributed by atoms with van der Waals surface area (Å²) in [6, 6.07) is 5.70. The Bertz CT molecular complexity index is 661. The number of nitrogens with one attached hydrogen (secondary N) is 1. The number of ether oxygens (including phenoxy) is 2. The van der Waals surface area contributed by atoms with Gasteiger partial charge in [-0.1, -0.05) is 13.0 Å². The van der Waals surface area contributed by atoms with Crippen LogP contribution in [0.2, 0.25) is 0 Å². The predicted octanol–water partition coefficient (Wildman–Crippen LogP) is 2.89. The molecule has 1 aliphatic heterocycles. The number of nitrogens with zero attached hydrogens (tertiary/aromatic N) is 1. The highest BCUT2D eigenvalue weighted by atomic mass is 16.5. The second kappa shape index (κ2) is 8.43. The molecule has 1 heterocycles. The van der Waals surface area contributed by atoms with Gasteiger partial charge in [-0.2, -0.15) is 0 Å². The molecule has 0 aliphatic carbocycles. The molecule has 0 spiro atoms. The summed E-state index contributed by atoms with van der Waals surface area (Å²) in [5.41, 5.74) is 0.0786. The number of benzene rings is 1. The second-order valence-corrected chi connectivity index (χ2v) is 6.95. The van der Waals surface area contributed by atoms with Crippen molar-refractivity contribution in [3.05, 3.63) is 23.8 Å². The zero-order valence-corrected chi connectivity index (χ0v) is 16.4. The van der Waals surface area contributed by atoms with E-state index >= 15 is 0 Å². The predicted molar refractivity (Wildman–Crippen MR) is 100 cm³/mol. The Morgan fingerprint density at radius 1 is 1.35 bits per heavy atom. The summed E-state index contributed by atoms with van der Waals surface area (Å²) in [5.74, 6) is 1.21. The molecule has 1 aromatic carbocycles. The van der Waals surface area contributed by atoms with Crippen molar-refractivity contribution in [1.82, 2.24) is 10.2 Å². The van der Waals surface area contributed by atoms with E-state index in [1.165, 1.54) is 0 Å². The Balaban J connectivity index is 2.22. The van der Waals surface area contributed by atoms with Crippen molar-refractivity contribution in [2.24, 2.45) is 0 Å². The van der Waals surface area contributed by atoms with Crippen molar-refractivity contribution < 1.29 is 19.1 Å². The van der Waals surface area contributed by atoms with Crippen LogP contribution in [0.5, 0.6) is 11.5 Å². The van der Waals surface area contributed by atoms with E-state index in [0.29, 0.717) is 37.5 Å². The third kappa shape index (κ3) is 4.11. The van der Waals surface area contributed by atoms with Gasteiger partial charge in [0.1, 0.15) is 5.54 Å². The topological polar surface area (TPSA) is 67.9 Å². The number of hydrogen-bond donors (Lipinski definition) is 1. The number of amides is 2. The smallest absolute Gasteiger partial charge is 0.245 e. The van der Waals surface area contributed by atoms with E-state index in [2.05, 4.69) is 5.32 Å². The first kappa shape index (κ1) is 20.1. The largest absolute Gasteiger partial charge is 0.493 e. The van der Waals surface area contributed by atoms with Crippen LogP contribution in [0.15, 0.2) is 18.2 Å². The van der Waals surface area contributed by atoms with Gasteiger partial charge in [-0.15, -0.1) is 0 Å². The summed E-state index contributed by atoms with van der Waals surface area (Å²) in [4.78, 5) is 26.9. The molecular formula is C20H30N2O4. The molecule has 2 atom stereocenters. The number of methoxy groups -OCH3 is 1. The molecule has 6 nitrogen and oxygen atoms in total. The summed E-state index contributed by atoms with van der Waals surface area (Å²) in [6.07, 6.45) is 1.77. The van der Waals surface area contributed by atoms with Crippen molar-refractivity contribution in [2.45, 2.75) is 65.1 Å². The van der Waals surface area contributed by atoms with Gasteiger partial charge in [0.2, 0.25) is 11.8 Å². The highest BCUT2D eigenvalue weighted by Crippen LogP contribution is 2.34. The Labute approximate surface area is 155 Å². The lowest BCUT2D eigenvalue weighted by Crippen LogP contribution is -2.55.